The lowest BCUT2D eigenvalue weighted by atomic mass is 9.86. The van der Waals surface area contributed by atoms with Crippen LogP contribution in [0.5, 0.6) is 0 Å². The fourth-order valence-electron chi connectivity index (χ4n) is 3.86. The third-order valence-corrected chi connectivity index (χ3v) is 6.21. The summed E-state index contributed by atoms with van der Waals surface area (Å²) in [6.07, 6.45) is 3.09. The molecule has 4 rings (SSSR count). The normalized spacial score (nSPS) is 21.9. The van der Waals surface area contributed by atoms with Crippen molar-refractivity contribution in [3.8, 4) is 11.4 Å². The highest BCUT2D eigenvalue weighted by molar-refractivity contribution is 7.82. The standard InChI is InChI=1S/C20H22F4N6OS/c1-12-9-29(11-14(20(12,23)24)7-27-32(2)31)19-25-6-5-15(28-19)16-8-26-17-4-3-13(18(21)22)10-30(16)17/h3-6,8,10,12,14,18,27H,7,9,11H2,1-2H3/t12-,14+,32?/m0/s1. The van der Waals surface area contributed by atoms with Gasteiger partial charge in [0.2, 0.25) is 5.95 Å². The van der Waals surface area contributed by atoms with Crippen LogP contribution in [0, 0.1) is 11.8 Å². The number of anilines is 1. The Labute approximate surface area is 184 Å². The Balaban J connectivity index is 1.65. The minimum atomic E-state index is -2.94. The maximum Gasteiger partial charge on any atom is 0.265 e. The Kier molecular flexibility index (Phi) is 6.17. The van der Waals surface area contributed by atoms with Gasteiger partial charge in [0.05, 0.1) is 34.5 Å². The molecule has 0 bridgehead atoms. The van der Waals surface area contributed by atoms with Crippen LogP contribution in [0.4, 0.5) is 23.5 Å². The van der Waals surface area contributed by atoms with E-state index in [9.17, 15) is 21.8 Å². The second-order valence-corrected chi connectivity index (χ2v) is 9.05. The summed E-state index contributed by atoms with van der Waals surface area (Å²) in [4.78, 5) is 14.7. The lowest BCUT2D eigenvalue weighted by molar-refractivity contribution is -0.109. The van der Waals surface area contributed by atoms with Crippen LogP contribution in [-0.4, -0.2) is 55.4 Å². The number of hydrogen-bond donors (Lipinski definition) is 1. The van der Waals surface area contributed by atoms with E-state index in [1.807, 2.05) is 0 Å². The molecule has 0 radical (unpaired) electrons. The van der Waals surface area contributed by atoms with Gasteiger partial charge in [-0.15, -0.1) is 0 Å². The highest BCUT2D eigenvalue weighted by Gasteiger charge is 2.49. The Morgan fingerprint density at radius 3 is 2.75 bits per heavy atom. The summed E-state index contributed by atoms with van der Waals surface area (Å²) in [5.74, 6) is -4.72. The van der Waals surface area contributed by atoms with Gasteiger partial charge in [0.1, 0.15) is 5.65 Å². The monoisotopic (exact) mass is 470 g/mol. The first-order chi connectivity index (χ1) is 15.2. The number of pyridine rings is 1. The first kappa shape index (κ1) is 22.6. The lowest BCUT2D eigenvalue weighted by Crippen LogP contribution is -2.56. The summed E-state index contributed by atoms with van der Waals surface area (Å²) in [6.45, 7) is 1.38. The van der Waals surface area contributed by atoms with Crippen molar-refractivity contribution >= 4 is 22.6 Å². The molecular formula is C20H22F4N6OS. The SMILES string of the molecule is C[C@H]1CN(c2nccc(-c3cnc4ccc(C(F)F)cn34)n2)C[C@@H](CNS(C)=O)C1(F)F. The van der Waals surface area contributed by atoms with E-state index in [0.717, 1.165) is 0 Å². The predicted octanol–water partition coefficient (Wildman–Crippen LogP) is 3.32. The van der Waals surface area contributed by atoms with Crippen LogP contribution in [0.2, 0.25) is 0 Å². The van der Waals surface area contributed by atoms with Crippen molar-refractivity contribution in [3.05, 3.63) is 42.4 Å². The summed E-state index contributed by atoms with van der Waals surface area (Å²) < 4.78 is 71.1. The van der Waals surface area contributed by atoms with E-state index in [2.05, 4.69) is 19.7 Å². The van der Waals surface area contributed by atoms with E-state index in [-0.39, 0.29) is 31.1 Å². The van der Waals surface area contributed by atoms with E-state index in [4.69, 9.17) is 0 Å². The summed E-state index contributed by atoms with van der Waals surface area (Å²) in [5.41, 5.74) is 1.25. The van der Waals surface area contributed by atoms with Gasteiger partial charge >= 0.3 is 0 Å². The highest BCUT2D eigenvalue weighted by atomic mass is 32.2. The Morgan fingerprint density at radius 2 is 2.03 bits per heavy atom. The molecule has 0 aliphatic carbocycles. The third kappa shape index (κ3) is 4.33. The molecule has 4 heterocycles. The topological polar surface area (TPSA) is 75.4 Å². The van der Waals surface area contributed by atoms with Crippen LogP contribution in [0.15, 0.2) is 36.8 Å². The molecule has 3 aromatic rings. The van der Waals surface area contributed by atoms with Crippen LogP contribution in [0.1, 0.15) is 18.9 Å². The van der Waals surface area contributed by atoms with Crippen molar-refractivity contribution in [1.82, 2.24) is 24.1 Å². The van der Waals surface area contributed by atoms with E-state index < -0.39 is 35.2 Å². The first-order valence-electron chi connectivity index (χ1n) is 9.95. The molecule has 12 heteroatoms. The zero-order chi connectivity index (χ0) is 23.0. The van der Waals surface area contributed by atoms with Gasteiger partial charge < -0.3 is 4.90 Å². The van der Waals surface area contributed by atoms with Gasteiger partial charge in [-0.2, -0.15) is 0 Å². The highest BCUT2D eigenvalue weighted by Crippen LogP contribution is 2.38. The van der Waals surface area contributed by atoms with Gasteiger partial charge in [-0.3, -0.25) is 4.40 Å². The Hall–Kier alpha value is -2.60. The van der Waals surface area contributed by atoms with Gasteiger partial charge in [-0.1, -0.05) is 6.92 Å². The molecule has 0 spiro atoms. The van der Waals surface area contributed by atoms with Crippen LogP contribution in [-0.2, 0) is 11.0 Å². The molecule has 0 aromatic carbocycles. The van der Waals surface area contributed by atoms with Gasteiger partial charge in [0, 0.05) is 49.8 Å². The average Bonchev–Trinajstić information content (AvgIpc) is 3.18. The molecule has 1 fully saturated rings. The molecule has 7 nitrogen and oxygen atoms in total. The first-order valence-corrected chi connectivity index (χ1v) is 11.5. The van der Waals surface area contributed by atoms with Crippen LogP contribution in [0.3, 0.4) is 0 Å². The molecule has 3 aromatic heterocycles. The largest absolute Gasteiger partial charge is 0.340 e. The number of fused-ring (bicyclic) bond motifs is 1. The van der Waals surface area contributed by atoms with Crippen molar-refractivity contribution in [1.29, 1.82) is 0 Å². The number of aromatic nitrogens is 4. The Bertz CT molecular complexity index is 1140. The smallest absolute Gasteiger partial charge is 0.265 e. The molecule has 3 atom stereocenters. The summed E-state index contributed by atoms with van der Waals surface area (Å²) in [6, 6.07) is 4.43. The molecule has 32 heavy (non-hydrogen) atoms. The molecule has 1 aliphatic rings. The average molecular weight is 470 g/mol. The number of nitrogens with zero attached hydrogens (tertiary/aromatic N) is 5. The van der Waals surface area contributed by atoms with Gasteiger partial charge in [-0.25, -0.2) is 41.4 Å². The van der Waals surface area contributed by atoms with Crippen molar-refractivity contribution in [2.45, 2.75) is 19.3 Å². The molecule has 1 N–H and O–H groups in total. The van der Waals surface area contributed by atoms with Crippen LogP contribution in [0.25, 0.3) is 17.0 Å². The Morgan fingerprint density at radius 1 is 1.25 bits per heavy atom. The van der Waals surface area contributed by atoms with Crippen molar-refractivity contribution in [2.24, 2.45) is 11.8 Å². The van der Waals surface area contributed by atoms with Crippen LogP contribution < -0.4 is 9.62 Å². The summed E-state index contributed by atoms with van der Waals surface area (Å²) in [7, 11) is -1.41. The minimum Gasteiger partial charge on any atom is -0.340 e. The number of imidazole rings is 1. The van der Waals surface area contributed by atoms with Crippen molar-refractivity contribution < 1.29 is 21.8 Å². The number of piperidine rings is 1. The maximum absolute atomic E-state index is 14.7. The number of nitrogens with one attached hydrogen (secondary N) is 1. The third-order valence-electron chi connectivity index (χ3n) is 5.64. The zero-order valence-corrected chi connectivity index (χ0v) is 18.2. The van der Waals surface area contributed by atoms with Crippen molar-refractivity contribution in [3.63, 3.8) is 0 Å². The molecule has 0 amide bonds. The lowest BCUT2D eigenvalue weighted by Gasteiger charge is -2.42. The minimum absolute atomic E-state index is 0.0202. The zero-order valence-electron chi connectivity index (χ0n) is 17.4. The molecule has 1 unspecified atom stereocenters. The van der Waals surface area contributed by atoms with Gasteiger partial charge in [-0.05, 0) is 18.2 Å². The quantitative estimate of drug-likeness (QED) is 0.560. The molecule has 1 aliphatic heterocycles. The predicted molar refractivity (Wildman–Crippen MR) is 113 cm³/mol. The number of halogens is 4. The van der Waals surface area contributed by atoms with E-state index in [1.165, 1.54) is 48.3 Å². The molecule has 1 saturated heterocycles. The molecular weight excluding hydrogens is 448 g/mol. The number of alkyl halides is 4. The van der Waals surface area contributed by atoms with E-state index >= 15 is 0 Å². The summed E-state index contributed by atoms with van der Waals surface area (Å²) >= 11 is 0. The number of hydrogen-bond acceptors (Lipinski definition) is 5. The van der Waals surface area contributed by atoms with E-state index in [1.54, 1.807) is 11.0 Å². The van der Waals surface area contributed by atoms with Gasteiger partial charge in [0.25, 0.3) is 12.3 Å². The fraction of sp³-hybridized carbons (Fsp3) is 0.450. The van der Waals surface area contributed by atoms with Gasteiger partial charge in [0.15, 0.2) is 0 Å². The van der Waals surface area contributed by atoms with Crippen molar-refractivity contribution in [2.75, 3.05) is 30.8 Å². The fourth-order valence-corrected chi connectivity index (χ4v) is 4.29. The molecule has 172 valence electrons. The maximum atomic E-state index is 14.7. The second kappa shape index (κ2) is 8.74. The second-order valence-electron chi connectivity index (χ2n) is 7.86. The molecule has 0 saturated carbocycles. The summed E-state index contributed by atoms with van der Waals surface area (Å²) in [5, 5.41) is 0. The van der Waals surface area contributed by atoms with E-state index in [0.29, 0.717) is 17.0 Å². The number of rotatable bonds is 6. The van der Waals surface area contributed by atoms with Crippen LogP contribution >= 0.6 is 0 Å².